The fourth-order valence-corrected chi connectivity index (χ4v) is 6.10. The molecule has 0 atom stereocenters. The number of benzene rings is 2. The van der Waals surface area contributed by atoms with Crippen molar-refractivity contribution >= 4 is 35.6 Å². The summed E-state index contributed by atoms with van der Waals surface area (Å²) in [5.74, 6) is 0.779. The van der Waals surface area contributed by atoms with Crippen LogP contribution >= 0.6 is 24.0 Å². The van der Waals surface area contributed by atoms with Gasteiger partial charge in [0.05, 0.1) is 18.2 Å². The number of halogens is 8. The summed E-state index contributed by atoms with van der Waals surface area (Å²) < 4.78 is 81.8. The summed E-state index contributed by atoms with van der Waals surface area (Å²) in [6, 6.07) is 5.36. The fourth-order valence-electron chi connectivity index (χ4n) is 5.78. The Balaban J connectivity index is 0.00000552. The van der Waals surface area contributed by atoms with Gasteiger partial charge in [-0.05, 0) is 103 Å². The number of aryl methyl sites for hydroxylation is 2. The van der Waals surface area contributed by atoms with Crippen molar-refractivity contribution in [2.45, 2.75) is 71.4 Å². The minimum Gasteiger partial charge on any atom is -0.396 e. The van der Waals surface area contributed by atoms with Crippen LogP contribution in [0.4, 0.5) is 38.0 Å². The lowest BCUT2D eigenvalue weighted by molar-refractivity contribution is -0.143. The normalized spacial score (nSPS) is 17.2. The van der Waals surface area contributed by atoms with Gasteiger partial charge in [-0.2, -0.15) is 31.1 Å². The van der Waals surface area contributed by atoms with E-state index in [-0.39, 0.29) is 49.7 Å². The van der Waals surface area contributed by atoms with Gasteiger partial charge in [-0.3, -0.25) is 0 Å². The van der Waals surface area contributed by atoms with E-state index in [4.69, 9.17) is 11.6 Å². The molecule has 15 heteroatoms. The number of rotatable bonds is 11. The zero-order valence-electron chi connectivity index (χ0n) is 25.3. The van der Waals surface area contributed by atoms with Crippen molar-refractivity contribution in [3.8, 4) is 0 Å². The summed E-state index contributed by atoms with van der Waals surface area (Å²) in [6.45, 7) is 5.35. The number of nitrogens with zero attached hydrogens (tertiary/aromatic N) is 6. The molecule has 0 amide bonds. The maximum Gasteiger partial charge on any atom is 0.416 e. The first-order valence-electron chi connectivity index (χ1n) is 14.7. The molecular weight excluding hydrogens is 645 g/mol. The topological polar surface area (TPSA) is 70.3 Å². The number of alkyl halides is 6. The van der Waals surface area contributed by atoms with Crippen molar-refractivity contribution in [2.75, 3.05) is 29.5 Å². The third-order valence-corrected chi connectivity index (χ3v) is 8.57. The molecule has 1 aliphatic rings. The van der Waals surface area contributed by atoms with Crippen LogP contribution in [0.25, 0.3) is 0 Å². The molecule has 0 radical (unpaired) electrons. The second-order valence-corrected chi connectivity index (χ2v) is 11.8. The van der Waals surface area contributed by atoms with E-state index in [2.05, 4.69) is 20.3 Å². The van der Waals surface area contributed by atoms with Gasteiger partial charge in [-0.25, -0.2) is 0 Å². The van der Waals surface area contributed by atoms with Crippen LogP contribution in [0.3, 0.4) is 0 Å². The Labute approximate surface area is 269 Å². The highest BCUT2D eigenvalue weighted by Crippen LogP contribution is 2.38. The Morgan fingerprint density at radius 1 is 0.867 bits per heavy atom. The third-order valence-electron chi connectivity index (χ3n) is 8.22. The zero-order chi connectivity index (χ0) is 32.2. The van der Waals surface area contributed by atoms with E-state index in [1.165, 1.54) is 16.7 Å². The van der Waals surface area contributed by atoms with E-state index >= 15 is 0 Å². The van der Waals surface area contributed by atoms with Crippen LogP contribution in [0, 0.1) is 11.8 Å². The standard InChI is InChI=1S/C30H37ClF6N6O.ClH/c1-4-22-13-27(42(5-2)15-19-6-8-20(18-44)9-7-19)23(12-26(22)31)17-43(28-38-40-41(3)39-28)16-21-10-24(29(32,33)34)14-25(11-21)30(35,36)37;/h10-14,19-20,44H,4-9,15-18H2,1-3H3;1H/t19-,20-;. The molecular formula is C30H38Cl2F6N6O. The number of hydrogen-bond acceptors (Lipinski definition) is 6. The minimum absolute atomic E-state index is 0. The summed E-state index contributed by atoms with van der Waals surface area (Å²) in [5.41, 5.74) is -0.451. The van der Waals surface area contributed by atoms with Gasteiger partial charge in [0.25, 0.3) is 5.95 Å². The molecule has 1 heterocycles. The Hall–Kier alpha value is -2.77. The van der Waals surface area contributed by atoms with E-state index < -0.39 is 23.5 Å². The highest BCUT2D eigenvalue weighted by Gasteiger charge is 2.37. The van der Waals surface area contributed by atoms with Crippen molar-refractivity contribution in [3.05, 3.63) is 63.2 Å². The average molecular weight is 684 g/mol. The molecule has 0 aliphatic heterocycles. The number of hydrogen-bond donors (Lipinski definition) is 1. The molecule has 1 saturated carbocycles. The Bertz CT molecular complexity index is 1380. The lowest BCUT2D eigenvalue weighted by Crippen LogP contribution is -2.33. The van der Waals surface area contributed by atoms with E-state index in [0.29, 0.717) is 42.0 Å². The largest absolute Gasteiger partial charge is 0.416 e. The summed E-state index contributed by atoms with van der Waals surface area (Å²) >= 11 is 6.65. The zero-order valence-corrected chi connectivity index (χ0v) is 26.9. The second-order valence-electron chi connectivity index (χ2n) is 11.4. The minimum atomic E-state index is -4.97. The first-order chi connectivity index (χ1) is 20.7. The van der Waals surface area contributed by atoms with Gasteiger partial charge >= 0.3 is 12.4 Å². The predicted molar refractivity (Wildman–Crippen MR) is 164 cm³/mol. The molecule has 7 nitrogen and oxygen atoms in total. The quantitative estimate of drug-likeness (QED) is 0.209. The SMILES string of the molecule is CCc1cc(N(CC)C[C@H]2CC[C@H](CO)CC2)c(CN(Cc2cc(C(F)(F)F)cc(C(F)(F)F)c2)c2nnn(C)n2)cc1Cl.Cl. The molecule has 4 rings (SSSR count). The van der Waals surface area contributed by atoms with E-state index in [9.17, 15) is 31.4 Å². The molecule has 2 aromatic carbocycles. The van der Waals surface area contributed by atoms with Crippen LogP contribution in [0.1, 0.15) is 67.3 Å². The van der Waals surface area contributed by atoms with Crippen LogP contribution < -0.4 is 9.80 Å². The molecule has 1 N–H and O–H groups in total. The molecule has 45 heavy (non-hydrogen) atoms. The number of aliphatic hydroxyl groups is 1. The van der Waals surface area contributed by atoms with Crippen LogP contribution in [0.2, 0.25) is 5.02 Å². The summed E-state index contributed by atoms with van der Waals surface area (Å²) in [7, 11) is 1.52. The fraction of sp³-hybridized carbons (Fsp3) is 0.567. The third kappa shape index (κ3) is 9.38. The number of tetrazole rings is 1. The Morgan fingerprint density at radius 3 is 1.96 bits per heavy atom. The van der Waals surface area contributed by atoms with Gasteiger partial charge in [-0.1, -0.05) is 23.6 Å². The number of aliphatic hydroxyl groups excluding tert-OH is 1. The van der Waals surface area contributed by atoms with Crippen molar-refractivity contribution in [1.82, 2.24) is 20.2 Å². The first-order valence-corrected chi connectivity index (χ1v) is 15.0. The molecule has 1 aromatic heterocycles. The highest BCUT2D eigenvalue weighted by molar-refractivity contribution is 6.31. The Kier molecular flexibility index (Phi) is 12.4. The van der Waals surface area contributed by atoms with Crippen molar-refractivity contribution in [3.63, 3.8) is 0 Å². The molecule has 250 valence electrons. The van der Waals surface area contributed by atoms with Gasteiger partial charge in [0.2, 0.25) is 0 Å². The average Bonchev–Trinajstić information content (AvgIpc) is 3.41. The lowest BCUT2D eigenvalue weighted by atomic mass is 9.82. The molecule has 0 spiro atoms. The van der Waals surface area contributed by atoms with E-state index in [0.717, 1.165) is 49.0 Å². The highest BCUT2D eigenvalue weighted by atomic mass is 35.5. The van der Waals surface area contributed by atoms with Crippen LogP contribution in [-0.4, -0.2) is 45.0 Å². The van der Waals surface area contributed by atoms with Crippen LogP contribution in [0.15, 0.2) is 30.3 Å². The summed E-state index contributed by atoms with van der Waals surface area (Å²) in [4.78, 5) is 4.91. The van der Waals surface area contributed by atoms with Crippen LogP contribution in [0.5, 0.6) is 0 Å². The molecule has 0 unspecified atom stereocenters. The monoisotopic (exact) mass is 682 g/mol. The Morgan fingerprint density at radius 2 is 1.47 bits per heavy atom. The van der Waals surface area contributed by atoms with Crippen molar-refractivity contribution in [2.24, 2.45) is 18.9 Å². The van der Waals surface area contributed by atoms with Crippen molar-refractivity contribution in [1.29, 1.82) is 0 Å². The molecule has 0 bridgehead atoms. The van der Waals surface area contributed by atoms with Gasteiger partial charge in [0, 0.05) is 43.5 Å². The van der Waals surface area contributed by atoms with Crippen molar-refractivity contribution < 1.29 is 31.4 Å². The van der Waals surface area contributed by atoms with Crippen LogP contribution in [-0.2, 0) is 38.9 Å². The van der Waals surface area contributed by atoms with Gasteiger partial charge in [-0.15, -0.1) is 17.5 Å². The lowest BCUT2D eigenvalue weighted by Gasteiger charge is -2.35. The smallest absolute Gasteiger partial charge is 0.396 e. The second kappa shape index (κ2) is 15.2. The first kappa shape index (κ1) is 36.7. The predicted octanol–water partition coefficient (Wildman–Crippen LogP) is 7.72. The number of aromatic nitrogens is 4. The van der Waals surface area contributed by atoms with Gasteiger partial charge in [0.15, 0.2) is 0 Å². The van der Waals surface area contributed by atoms with E-state index in [1.807, 2.05) is 19.9 Å². The number of anilines is 2. The molecule has 1 aliphatic carbocycles. The molecule has 1 fully saturated rings. The maximum absolute atomic E-state index is 13.6. The van der Waals surface area contributed by atoms with Gasteiger partial charge < -0.3 is 14.9 Å². The summed E-state index contributed by atoms with van der Waals surface area (Å²) in [6.07, 6.45) is -5.40. The summed E-state index contributed by atoms with van der Waals surface area (Å²) in [5, 5.41) is 22.1. The molecule has 3 aromatic rings. The van der Waals surface area contributed by atoms with E-state index in [1.54, 1.807) is 6.07 Å². The maximum atomic E-state index is 13.6. The molecule has 0 saturated heterocycles. The van der Waals surface area contributed by atoms with Gasteiger partial charge in [0.1, 0.15) is 0 Å².